The Morgan fingerprint density at radius 1 is 1.13 bits per heavy atom. The lowest BCUT2D eigenvalue weighted by Gasteiger charge is -2.41. The number of rotatable bonds is 6. The highest BCUT2D eigenvalue weighted by atomic mass is 19.1. The third-order valence-corrected chi connectivity index (χ3v) is 5.24. The van der Waals surface area contributed by atoms with Crippen LogP contribution in [0.4, 0.5) is 15.8 Å². The molecule has 0 aliphatic carbocycles. The van der Waals surface area contributed by atoms with Crippen LogP contribution in [0.1, 0.15) is 18.1 Å². The van der Waals surface area contributed by atoms with E-state index in [9.17, 15) is 4.39 Å². The number of nitriles is 1. The van der Waals surface area contributed by atoms with E-state index in [0.717, 1.165) is 22.7 Å². The zero-order valence-electron chi connectivity index (χ0n) is 17.6. The molecule has 5 nitrogen and oxygen atoms in total. The summed E-state index contributed by atoms with van der Waals surface area (Å²) >= 11 is 0. The molecule has 0 saturated carbocycles. The normalized spacial score (nSPS) is 17.3. The maximum absolute atomic E-state index is 13.1. The van der Waals surface area contributed by atoms with Crippen LogP contribution in [-0.2, 0) is 6.54 Å². The number of hydrogen-bond acceptors (Lipinski definition) is 5. The van der Waals surface area contributed by atoms with E-state index < -0.39 is 5.60 Å². The topological polar surface area (TPSA) is 57.5 Å². The smallest absolute Gasteiger partial charge is 0.157 e. The van der Waals surface area contributed by atoms with Gasteiger partial charge in [-0.1, -0.05) is 12.1 Å². The Morgan fingerprint density at radius 2 is 1.87 bits per heavy atom. The molecule has 0 spiro atoms. The van der Waals surface area contributed by atoms with Crippen LogP contribution in [-0.4, -0.2) is 25.8 Å². The summed E-state index contributed by atoms with van der Waals surface area (Å²) < 4.78 is 25.3. The fraction of sp³-hybridized carbons (Fsp3) is 0.240. The number of anilines is 2. The summed E-state index contributed by atoms with van der Waals surface area (Å²) in [4.78, 5) is 2.16. The van der Waals surface area contributed by atoms with Gasteiger partial charge in [-0.25, -0.2) is 4.39 Å². The van der Waals surface area contributed by atoms with E-state index in [2.05, 4.69) is 22.4 Å². The van der Waals surface area contributed by atoms with Gasteiger partial charge in [0.15, 0.2) is 5.60 Å². The molecule has 1 atom stereocenters. The number of nitrogens with one attached hydrogen (secondary N) is 1. The molecule has 31 heavy (non-hydrogen) atoms. The molecule has 0 aromatic heterocycles. The Kier molecular flexibility index (Phi) is 5.68. The zero-order chi connectivity index (χ0) is 21.8. The average molecular weight is 417 g/mol. The van der Waals surface area contributed by atoms with E-state index in [1.165, 1.54) is 12.1 Å². The molecule has 0 radical (unpaired) electrons. The standard InChI is InChI=1S/C25H24FN3O2/c1-25(17-30-22-10-5-18(14-27)6-11-22)16-29(2)23-13-21(9-12-24(23)31-25)28-15-19-3-7-20(26)8-4-19/h3-13,28H,15-17H2,1-2H3. The number of halogens is 1. The van der Waals surface area contributed by atoms with E-state index in [0.29, 0.717) is 31.0 Å². The number of benzene rings is 3. The molecule has 1 aliphatic rings. The fourth-order valence-corrected chi connectivity index (χ4v) is 3.64. The predicted octanol–water partition coefficient (Wildman–Crippen LogP) is 4.98. The van der Waals surface area contributed by atoms with Crippen LogP contribution in [0.5, 0.6) is 11.5 Å². The van der Waals surface area contributed by atoms with Crippen molar-refractivity contribution in [3.05, 3.63) is 83.7 Å². The summed E-state index contributed by atoms with van der Waals surface area (Å²) in [6.45, 7) is 3.68. The van der Waals surface area contributed by atoms with Crippen LogP contribution in [0, 0.1) is 17.1 Å². The van der Waals surface area contributed by atoms with Crippen LogP contribution in [0.3, 0.4) is 0 Å². The van der Waals surface area contributed by atoms with Gasteiger partial charge < -0.3 is 19.7 Å². The SMILES string of the molecule is CN1CC(C)(COc2ccc(C#N)cc2)Oc2ccc(NCc3ccc(F)cc3)cc21. The van der Waals surface area contributed by atoms with Gasteiger partial charge in [0.25, 0.3) is 0 Å². The minimum absolute atomic E-state index is 0.234. The van der Waals surface area contributed by atoms with E-state index >= 15 is 0 Å². The van der Waals surface area contributed by atoms with Crippen LogP contribution in [0.15, 0.2) is 66.7 Å². The monoisotopic (exact) mass is 417 g/mol. The van der Waals surface area contributed by atoms with Crippen molar-refractivity contribution in [3.8, 4) is 17.6 Å². The molecule has 0 bridgehead atoms. The molecule has 0 fully saturated rings. The predicted molar refractivity (Wildman–Crippen MR) is 119 cm³/mol. The summed E-state index contributed by atoms with van der Waals surface area (Å²) in [5, 5.41) is 12.3. The third kappa shape index (κ3) is 4.89. The zero-order valence-corrected chi connectivity index (χ0v) is 17.6. The van der Waals surface area contributed by atoms with Gasteiger partial charge in [0, 0.05) is 19.3 Å². The van der Waals surface area contributed by atoms with Crippen molar-refractivity contribution >= 4 is 11.4 Å². The molecule has 3 aromatic carbocycles. The molecule has 0 saturated heterocycles. The number of likely N-dealkylation sites (N-methyl/N-ethyl adjacent to an activating group) is 1. The number of fused-ring (bicyclic) bond motifs is 1. The fourth-order valence-electron chi connectivity index (χ4n) is 3.64. The van der Waals surface area contributed by atoms with Gasteiger partial charge in [0.2, 0.25) is 0 Å². The van der Waals surface area contributed by atoms with Crippen molar-refractivity contribution in [2.45, 2.75) is 19.1 Å². The van der Waals surface area contributed by atoms with Crippen molar-refractivity contribution in [2.75, 3.05) is 30.4 Å². The average Bonchev–Trinajstić information content (AvgIpc) is 2.78. The molecular formula is C25H24FN3O2. The summed E-state index contributed by atoms with van der Waals surface area (Å²) in [6, 6.07) is 21.6. The van der Waals surface area contributed by atoms with Crippen molar-refractivity contribution in [2.24, 2.45) is 0 Å². The van der Waals surface area contributed by atoms with Crippen LogP contribution < -0.4 is 19.7 Å². The Labute approximate surface area is 181 Å². The second-order valence-electron chi connectivity index (χ2n) is 8.00. The van der Waals surface area contributed by atoms with Crippen LogP contribution in [0.25, 0.3) is 0 Å². The molecule has 158 valence electrons. The molecule has 1 N–H and O–H groups in total. The van der Waals surface area contributed by atoms with Crippen molar-refractivity contribution in [3.63, 3.8) is 0 Å². The van der Waals surface area contributed by atoms with Gasteiger partial charge in [-0.3, -0.25) is 0 Å². The van der Waals surface area contributed by atoms with E-state index in [1.807, 2.05) is 26.1 Å². The van der Waals surface area contributed by atoms with Crippen molar-refractivity contribution in [1.29, 1.82) is 5.26 Å². The van der Waals surface area contributed by atoms with E-state index in [1.54, 1.807) is 36.4 Å². The highest BCUT2D eigenvalue weighted by Gasteiger charge is 2.35. The first-order chi connectivity index (χ1) is 14.9. The highest BCUT2D eigenvalue weighted by molar-refractivity contribution is 5.67. The van der Waals surface area contributed by atoms with Gasteiger partial charge >= 0.3 is 0 Å². The molecule has 1 unspecified atom stereocenters. The van der Waals surface area contributed by atoms with Gasteiger partial charge in [0.1, 0.15) is 23.9 Å². The lowest BCUT2D eigenvalue weighted by molar-refractivity contribution is 0.0351. The summed E-state index contributed by atoms with van der Waals surface area (Å²) in [6.07, 6.45) is 0. The summed E-state index contributed by atoms with van der Waals surface area (Å²) in [7, 11) is 2.03. The molecule has 1 heterocycles. The molecule has 0 amide bonds. The minimum atomic E-state index is -0.515. The lowest BCUT2D eigenvalue weighted by atomic mass is 10.0. The second kappa shape index (κ2) is 8.57. The second-order valence-corrected chi connectivity index (χ2v) is 8.00. The largest absolute Gasteiger partial charge is 0.489 e. The van der Waals surface area contributed by atoms with Crippen LogP contribution >= 0.6 is 0 Å². The van der Waals surface area contributed by atoms with Crippen molar-refractivity contribution in [1.82, 2.24) is 0 Å². The molecule has 1 aliphatic heterocycles. The number of hydrogen-bond donors (Lipinski definition) is 1. The Balaban J connectivity index is 1.41. The van der Waals surface area contributed by atoms with E-state index in [-0.39, 0.29) is 5.82 Å². The first-order valence-electron chi connectivity index (χ1n) is 10.1. The van der Waals surface area contributed by atoms with Crippen LogP contribution in [0.2, 0.25) is 0 Å². The molecule has 6 heteroatoms. The first kappa shape index (κ1) is 20.5. The third-order valence-electron chi connectivity index (χ3n) is 5.24. The van der Waals surface area contributed by atoms with Gasteiger partial charge in [-0.05, 0) is 67.1 Å². The summed E-state index contributed by atoms with van der Waals surface area (Å²) in [5.41, 5.74) is 3.07. The van der Waals surface area contributed by atoms with Gasteiger partial charge in [0.05, 0.1) is 23.9 Å². The molecule has 3 aromatic rings. The van der Waals surface area contributed by atoms with Gasteiger partial charge in [-0.15, -0.1) is 0 Å². The lowest BCUT2D eigenvalue weighted by Crippen LogP contribution is -2.51. The van der Waals surface area contributed by atoms with E-state index in [4.69, 9.17) is 14.7 Å². The Bertz CT molecular complexity index is 1090. The Hall–Kier alpha value is -3.72. The number of nitrogens with zero attached hydrogens (tertiary/aromatic N) is 2. The van der Waals surface area contributed by atoms with Gasteiger partial charge in [-0.2, -0.15) is 5.26 Å². The first-order valence-corrected chi connectivity index (χ1v) is 10.1. The highest BCUT2D eigenvalue weighted by Crippen LogP contribution is 2.38. The minimum Gasteiger partial charge on any atom is -0.489 e. The maximum atomic E-state index is 13.1. The number of ether oxygens (including phenoxy) is 2. The van der Waals surface area contributed by atoms with Crippen molar-refractivity contribution < 1.29 is 13.9 Å². The molecule has 4 rings (SSSR count). The summed E-state index contributed by atoms with van der Waals surface area (Å²) in [5.74, 6) is 1.27. The maximum Gasteiger partial charge on any atom is 0.157 e. The Morgan fingerprint density at radius 3 is 2.58 bits per heavy atom. The quantitative estimate of drug-likeness (QED) is 0.613. The molecular weight excluding hydrogens is 393 g/mol.